The van der Waals surface area contributed by atoms with E-state index >= 15 is 0 Å². The SMILES string of the molecule is CC1CCCCN1c1cc(Sc2ncccn2)nc(NC(=S)NCC2(c3ccccc3)CCCC2)n1. The molecule has 1 unspecified atom stereocenters. The first-order chi connectivity index (χ1) is 17.6. The van der Waals surface area contributed by atoms with Crippen molar-refractivity contribution in [3.8, 4) is 0 Å². The van der Waals surface area contributed by atoms with Crippen LogP contribution in [-0.2, 0) is 5.41 Å². The Bertz CT molecular complexity index is 1150. The zero-order valence-corrected chi connectivity index (χ0v) is 22.3. The number of anilines is 2. The minimum atomic E-state index is 0.116. The third kappa shape index (κ3) is 5.95. The molecule has 1 aliphatic carbocycles. The van der Waals surface area contributed by atoms with E-state index < -0.39 is 0 Å². The van der Waals surface area contributed by atoms with Crippen LogP contribution in [0, 0.1) is 0 Å². The Morgan fingerprint density at radius 3 is 2.58 bits per heavy atom. The molecule has 0 bridgehead atoms. The predicted octanol–water partition coefficient (Wildman–Crippen LogP) is 5.60. The first-order valence-corrected chi connectivity index (χ1v) is 14.0. The number of rotatable bonds is 7. The molecule has 188 valence electrons. The Morgan fingerprint density at radius 2 is 1.83 bits per heavy atom. The first-order valence-electron chi connectivity index (χ1n) is 12.8. The van der Waals surface area contributed by atoms with Gasteiger partial charge in [-0.1, -0.05) is 43.2 Å². The van der Waals surface area contributed by atoms with E-state index in [9.17, 15) is 0 Å². The fraction of sp³-hybridized carbons (Fsp3) is 0.444. The van der Waals surface area contributed by atoms with Crippen LogP contribution < -0.4 is 15.5 Å². The molecule has 1 aromatic carbocycles. The van der Waals surface area contributed by atoms with Gasteiger partial charge in [0.2, 0.25) is 5.95 Å². The molecular weight excluding hydrogens is 486 g/mol. The smallest absolute Gasteiger partial charge is 0.232 e. The molecule has 5 rings (SSSR count). The summed E-state index contributed by atoms with van der Waals surface area (Å²) in [6.07, 6.45) is 11.9. The van der Waals surface area contributed by atoms with E-state index in [0.29, 0.717) is 22.3 Å². The Kier molecular flexibility index (Phi) is 7.96. The van der Waals surface area contributed by atoms with E-state index in [1.54, 1.807) is 12.4 Å². The summed E-state index contributed by atoms with van der Waals surface area (Å²) in [5.41, 5.74) is 1.50. The normalized spacial score (nSPS) is 19.1. The molecule has 2 aromatic heterocycles. The Hall–Kier alpha value is -2.78. The van der Waals surface area contributed by atoms with E-state index in [-0.39, 0.29) is 5.41 Å². The Balaban J connectivity index is 1.33. The van der Waals surface area contributed by atoms with Gasteiger partial charge in [0.05, 0.1) is 0 Å². The minimum Gasteiger partial charge on any atom is -0.361 e. The Labute approximate surface area is 222 Å². The molecule has 7 nitrogen and oxygen atoms in total. The second-order valence-corrected chi connectivity index (χ2v) is 11.1. The van der Waals surface area contributed by atoms with Gasteiger partial charge in [0.1, 0.15) is 10.8 Å². The standard InChI is InChI=1S/C27H33N7S2/c1-20-10-5-8-17-34(20)22-18-23(36-26-28-15-9-16-29-26)32-24(31-22)33-25(35)30-19-27(13-6-7-14-27)21-11-3-2-4-12-21/h2-4,9,11-12,15-16,18,20H,5-8,10,13-14,17,19H2,1H3,(H2,30,31,32,33,35). The summed E-state index contributed by atoms with van der Waals surface area (Å²) < 4.78 is 0. The largest absolute Gasteiger partial charge is 0.361 e. The topological polar surface area (TPSA) is 78.9 Å². The van der Waals surface area contributed by atoms with E-state index in [4.69, 9.17) is 22.2 Å². The van der Waals surface area contributed by atoms with Gasteiger partial charge < -0.3 is 15.5 Å². The summed E-state index contributed by atoms with van der Waals surface area (Å²) in [7, 11) is 0. The fourth-order valence-corrected chi connectivity index (χ4v) is 6.22. The number of nitrogens with one attached hydrogen (secondary N) is 2. The van der Waals surface area contributed by atoms with Crippen molar-refractivity contribution in [1.29, 1.82) is 0 Å². The molecule has 2 aliphatic rings. The summed E-state index contributed by atoms with van der Waals surface area (Å²) in [5, 5.41) is 8.76. The molecule has 3 aromatic rings. The number of hydrogen-bond acceptors (Lipinski definition) is 7. The number of thiocarbonyl (C=S) groups is 1. The zero-order chi connectivity index (χ0) is 24.8. The van der Waals surface area contributed by atoms with Gasteiger partial charge in [-0.15, -0.1) is 0 Å². The molecule has 0 radical (unpaired) electrons. The van der Waals surface area contributed by atoms with Crippen LogP contribution in [0.5, 0.6) is 0 Å². The lowest BCUT2D eigenvalue weighted by atomic mass is 9.79. The van der Waals surface area contributed by atoms with Crippen LogP contribution in [0.25, 0.3) is 0 Å². The van der Waals surface area contributed by atoms with Crippen LogP contribution in [0.15, 0.2) is 65.0 Å². The third-order valence-corrected chi connectivity index (χ3v) is 8.34. The molecule has 0 spiro atoms. The van der Waals surface area contributed by atoms with E-state index in [0.717, 1.165) is 23.9 Å². The van der Waals surface area contributed by atoms with Gasteiger partial charge >= 0.3 is 0 Å². The summed E-state index contributed by atoms with van der Waals surface area (Å²) in [6, 6.07) is 15.1. The lowest BCUT2D eigenvalue weighted by Crippen LogP contribution is -2.41. The molecule has 36 heavy (non-hydrogen) atoms. The van der Waals surface area contributed by atoms with Crippen molar-refractivity contribution in [2.45, 2.75) is 73.5 Å². The lowest BCUT2D eigenvalue weighted by Gasteiger charge is -2.34. The minimum absolute atomic E-state index is 0.116. The molecule has 2 fully saturated rings. The van der Waals surface area contributed by atoms with Gasteiger partial charge in [0.15, 0.2) is 10.3 Å². The van der Waals surface area contributed by atoms with Crippen molar-refractivity contribution in [2.75, 3.05) is 23.3 Å². The molecule has 1 aliphatic heterocycles. The van der Waals surface area contributed by atoms with Crippen molar-refractivity contribution >= 4 is 40.9 Å². The van der Waals surface area contributed by atoms with Gasteiger partial charge in [-0.25, -0.2) is 15.0 Å². The molecule has 1 saturated heterocycles. The van der Waals surface area contributed by atoms with Crippen LogP contribution in [0.1, 0.15) is 57.4 Å². The zero-order valence-electron chi connectivity index (χ0n) is 20.7. The highest BCUT2D eigenvalue weighted by Crippen LogP contribution is 2.40. The monoisotopic (exact) mass is 519 g/mol. The number of nitrogens with zero attached hydrogens (tertiary/aromatic N) is 5. The molecule has 9 heteroatoms. The van der Waals surface area contributed by atoms with Crippen LogP contribution in [0.2, 0.25) is 0 Å². The second kappa shape index (κ2) is 11.5. The highest BCUT2D eigenvalue weighted by molar-refractivity contribution is 7.99. The average molecular weight is 520 g/mol. The van der Waals surface area contributed by atoms with Gasteiger partial charge in [0.25, 0.3) is 0 Å². The van der Waals surface area contributed by atoms with Crippen molar-refractivity contribution in [3.05, 3.63) is 60.4 Å². The Morgan fingerprint density at radius 1 is 1.06 bits per heavy atom. The fourth-order valence-electron chi connectivity index (χ4n) is 5.34. The number of piperidine rings is 1. The molecule has 1 atom stereocenters. The molecular formula is C27H33N7S2. The molecule has 3 heterocycles. The maximum atomic E-state index is 5.72. The van der Waals surface area contributed by atoms with Crippen molar-refractivity contribution in [3.63, 3.8) is 0 Å². The summed E-state index contributed by atoms with van der Waals surface area (Å²) in [5.74, 6) is 1.42. The lowest BCUT2D eigenvalue weighted by molar-refractivity contribution is 0.435. The second-order valence-electron chi connectivity index (χ2n) is 9.72. The van der Waals surface area contributed by atoms with Crippen molar-refractivity contribution in [1.82, 2.24) is 25.3 Å². The molecule has 2 N–H and O–H groups in total. The summed E-state index contributed by atoms with van der Waals surface area (Å²) in [4.78, 5) is 20.7. The van der Waals surface area contributed by atoms with Gasteiger partial charge in [0, 0.05) is 43.0 Å². The predicted molar refractivity (Wildman–Crippen MR) is 150 cm³/mol. The van der Waals surface area contributed by atoms with Crippen LogP contribution >= 0.6 is 24.0 Å². The summed E-state index contributed by atoms with van der Waals surface area (Å²) >= 11 is 7.15. The van der Waals surface area contributed by atoms with Gasteiger partial charge in [-0.05, 0) is 74.6 Å². The number of hydrogen-bond donors (Lipinski definition) is 2. The maximum Gasteiger partial charge on any atom is 0.232 e. The average Bonchev–Trinajstić information content (AvgIpc) is 3.39. The third-order valence-electron chi connectivity index (χ3n) is 7.28. The highest BCUT2D eigenvalue weighted by atomic mass is 32.2. The van der Waals surface area contributed by atoms with E-state index in [1.165, 1.54) is 62.3 Å². The van der Waals surface area contributed by atoms with Crippen molar-refractivity contribution < 1.29 is 0 Å². The van der Waals surface area contributed by atoms with E-state index in [1.807, 2.05) is 12.1 Å². The van der Waals surface area contributed by atoms with E-state index in [2.05, 4.69) is 62.8 Å². The quantitative estimate of drug-likeness (QED) is 0.236. The van der Waals surface area contributed by atoms with Gasteiger partial charge in [-0.3, -0.25) is 0 Å². The maximum absolute atomic E-state index is 5.72. The first kappa shape index (κ1) is 24.9. The van der Waals surface area contributed by atoms with Crippen molar-refractivity contribution in [2.24, 2.45) is 0 Å². The molecule has 1 saturated carbocycles. The summed E-state index contributed by atoms with van der Waals surface area (Å²) in [6.45, 7) is 4.05. The van der Waals surface area contributed by atoms with Crippen LogP contribution in [0.3, 0.4) is 0 Å². The molecule has 0 amide bonds. The van der Waals surface area contributed by atoms with Crippen LogP contribution in [-0.4, -0.2) is 44.2 Å². The number of benzene rings is 1. The van der Waals surface area contributed by atoms with Gasteiger partial charge in [-0.2, -0.15) is 4.98 Å². The highest BCUT2D eigenvalue weighted by Gasteiger charge is 2.35. The van der Waals surface area contributed by atoms with Crippen LogP contribution in [0.4, 0.5) is 11.8 Å². The number of aromatic nitrogens is 4.